The highest BCUT2D eigenvalue weighted by Crippen LogP contribution is 2.29. The first-order valence-corrected chi connectivity index (χ1v) is 5.99. The van der Waals surface area contributed by atoms with Crippen molar-refractivity contribution in [1.29, 1.82) is 0 Å². The van der Waals surface area contributed by atoms with Crippen molar-refractivity contribution in [2.45, 2.75) is 19.4 Å². The highest BCUT2D eigenvalue weighted by Gasteiger charge is 2.19. The van der Waals surface area contributed by atoms with Crippen molar-refractivity contribution in [3.05, 3.63) is 29.6 Å². The third-order valence-corrected chi connectivity index (χ3v) is 3.01. The molecule has 1 aliphatic rings. The van der Waals surface area contributed by atoms with Gasteiger partial charge in [-0.05, 0) is 19.4 Å². The Hall–Kier alpha value is -1.13. The van der Waals surface area contributed by atoms with E-state index in [1.807, 2.05) is 4.90 Å². The Bertz CT molecular complexity index is 374. The van der Waals surface area contributed by atoms with E-state index in [4.69, 9.17) is 4.74 Å². The van der Waals surface area contributed by atoms with Crippen LogP contribution in [0.15, 0.2) is 18.2 Å². The Balaban J connectivity index is 2.34. The highest BCUT2D eigenvalue weighted by molar-refractivity contribution is 5.55. The van der Waals surface area contributed by atoms with Crippen LogP contribution in [0.4, 0.5) is 10.1 Å². The SMILES string of the molecule is C[C@H](O)c1cccc(F)c1N1CCCOCC1. The number of halogens is 1. The lowest BCUT2D eigenvalue weighted by Gasteiger charge is -2.26. The molecule has 1 N–H and O–H groups in total. The van der Waals surface area contributed by atoms with Crippen LogP contribution in [0.2, 0.25) is 0 Å². The van der Waals surface area contributed by atoms with E-state index >= 15 is 0 Å². The maximum atomic E-state index is 13.9. The van der Waals surface area contributed by atoms with Crippen LogP contribution < -0.4 is 4.90 Å². The van der Waals surface area contributed by atoms with Gasteiger partial charge in [-0.3, -0.25) is 0 Å². The Morgan fingerprint density at radius 3 is 2.94 bits per heavy atom. The van der Waals surface area contributed by atoms with Crippen molar-refractivity contribution in [2.75, 3.05) is 31.2 Å². The molecular weight excluding hydrogens is 221 g/mol. The molecule has 1 atom stereocenters. The Labute approximate surface area is 101 Å². The molecule has 0 saturated carbocycles. The van der Waals surface area contributed by atoms with Gasteiger partial charge in [0.15, 0.2) is 0 Å². The molecular formula is C13H18FNO2. The van der Waals surface area contributed by atoms with Gasteiger partial charge in [-0.1, -0.05) is 12.1 Å². The summed E-state index contributed by atoms with van der Waals surface area (Å²) in [6, 6.07) is 4.84. The van der Waals surface area contributed by atoms with Crippen LogP contribution in [0, 0.1) is 5.82 Å². The van der Waals surface area contributed by atoms with Crippen LogP contribution in [0.1, 0.15) is 25.0 Å². The molecule has 1 fully saturated rings. The molecule has 0 aromatic heterocycles. The fourth-order valence-corrected chi connectivity index (χ4v) is 2.17. The molecule has 0 amide bonds. The summed E-state index contributed by atoms with van der Waals surface area (Å²) in [5.74, 6) is -0.273. The summed E-state index contributed by atoms with van der Waals surface area (Å²) in [5, 5.41) is 9.71. The van der Waals surface area contributed by atoms with Crippen molar-refractivity contribution in [1.82, 2.24) is 0 Å². The number of ether oxygens (including phenoxy) is 1. The number of hydrogen-bond donors (Lipinski definition) is 1. The summed E-state index contributed by atoms with van der Waals surface area (Å²) in [6.45, 7) is 4.41. The van der Waals surface area contributed by atoms with Crippen LogP contribution in [-0.2, 0) is 4.74 Å². The van der Waals surface area contributed by atoms with E-state index in [2.05, 4.69) is 0 Å². The minimum absolute atomic E-state index is 0.273. The first kappa shape index (κ1) is 12.3. The molecule has 0 unspecified atom stereocenters. The van der Waals surface area contributed by atoms with E-state index < -0.39 is 6.10 Å². The number of rotatable bonds is 2. The van der Waals surface area contributed by atoms with Gasteiger partial charge in [0.1, 0.15) is 5.82 Å². The smallest absolute Gasteiger partial charge is 0.146 e. The first-order chi connectivity index (χ1) is 8.20. The number of aliphatic hydroxyl groups excluding tert-OH is 1. The van der Waals surface area contributed by atoms with Crippen molar-refractivity contribution in [3.63, 3.8) is 0 Å². The normalized spacial score (nSPS) is 18.9. The number of benzene rings is 1. The van der Waals surface area contributed by atoms with Crippen LogP contribution in [0.3, 0.4) is 0 Å². The zero-order valence-electron chi connectivity index (χ0n) is 10.0. The maximum absolute atomic E-state index is 13.9. The summed E-state index contributed by atoms with van der Waals surface area (Å²) in [6.07, 6.45) is 0.220. The quantitative estimate of drug-likeness (QED) is 0.858. The zero-order valence-corrected chi connectivity index (χ0v) is 10.0. The number of hydrogen-bond acceptors (Lipinski definition) is 3. The van der Waals surface area contributed by atoms with Gasteiger partial charge < -0.3 is 14.7 Å². The second kappa shape index (κ2) is 5.47. The van der Waals surface area contributed by atoms with E-state index in [0.29, 0.717) is 24.4 Å². The van der Waals surface area contributed by atoms with Gasteiger partial charge in [0, 0.05) is 25.3 Å². The van der Waals surface area contributed by atoms with Crippen molar-refractivity contribution in [2.24, 2.45) is 0 Å². The second-order valence-corrected chi connectivity index (χ2v) is 4.31. The molecule has 0 bridgehead atoms. The molecule has 94 valence electrons. The Morgan fingerprint density at radius 2 is 2.18 bits per heavy atom. The molecule has 0 radical (unpaired) electrons. The summed E-state index contributed by atoms with van der Waals surface area (Å²) >= 11 is 0. The zero-order chi connectivity index (χ0) is 12.3. The summed E-state index contributed by atoms with van der Waals surface area (Å²) < 4.78 is 19.3. The lowest BCUT2D eigenvalue weighted by molar-refractivity contribution is 0.152. The lowest BCUT2D eigenvalue weighted by Crippen LogP contribution is -2.28. The third kappa shape index (κ3) is 2.76. The van der Waals surface area contributed by atoms with E-state index in [1.165, 1.54) is 6.07 Å². The third-order valence-electron chi connectivity index (χ3n) is 3.01. The number of aliphatic hydroxyl groups is 1. The van der Waals surface area contributed by atoms with Crippen molar-refractivity contribution >= 4 is 5.69 Å². The summed E-state index contributed by atoms with van der Waals surface area (Å²) in [4.78, 5) is 1.96. The lowest BCUT2D eigenvalue weighted by atomic mass is 10.1. The molecule has 1 aromatic carbocycles. The van der Waals surface area contributed by atoms with Gasteiger partial charge in [0.05, 0.1) is 18.4 Å². The van der Waals surface area contributed by atoms with Gasteiger partial charge in [-0.15, -0.1) is 0 Å². The number of nitrogens with zero attached hydrogens (tertiary/aromatic N) is 1. The van der Waals surface area contributed by atoms with Crippen LogP contribution in [0.25, 0.3) is 0 Å². The van der Waals surface area contributed by atoms with Crippen LogP contribution >= 0.6 is 0 Å². The molecule has 4 heteroatoms. The van der Waals surface area contributed by atoms with E-state index in [1.54, 1.807) is 19.1 Å². The predicted octanol–water partition coefficient (Wildman–Crippen LogP) is 2.11. The first-order valence-electron chi connectivity index (χ1n) is 5.99. The molecule has 1 aromatic rings. The molecule has 0 spiro atoms. The second-order valence-electron chi connectivity index (χ2n) is 4.31. The molecule has 2 rings (SSSR count). The molecule has 1 heterocycles. The molecule has 1 saturated heterocycles. The van der Waals surface area contributed by atoms with E-state index in [0.717, 1.165) is 19.6 Å². The monoisotopic (exact) mass is 239 g/mol. The Kier molecular flexibility index (Phi) is 3.97. The number of anilines is 1. The summed E-state index contributed by atoms with van der Waals surface area (Å²) in [5.41, 5.74) is 1.17. The molecule has 1 aliphatic heterocycles. The van der Waals surface area contributed by atoms with Gasteiger partial charge in [0.2, 0.25) is 0 Å². The van der Waals surface area contributed by atoms with Gasteiger partial charge >= 0.3 is 0 Å². The van der Waals surface area contributed by atoms with Crippen molar-refractivity contribution < 1.29 is 14.2 Å². The minimum atomic E-state index is -0.662. The standard InChI is InChI=1S/C13H18FNO2/c1-10(16)11-4-2-5-12(14)13(11)15-6-3-8-17-9-7-15/h2,4-5,10,16H,3,6-9H2,1H3/t10-/m0/s1. The molecule has 3 nitrogen and oxygen atoms in total. The minimum Gasteiger partial charge on any atom is -0.389 e. The van der Waals surface area contributed by atoms with E-state index in [-0.39, 0.29) is 5.82 Å². The van der Waals surface area contributed by atoms with Crippen molar-refractivity contribution in [3.8, 4) is 0 Å². The molecule has 17 heavy (non-hydrogen) atoms. The highest BCUT2D eigenvalue weighted by atomic mass is 19.1. The van der Waals surface area contributed by atoms with Crippen LogP contribution in [0.5, 0.6) is 0 Å². The van der Waals surface area contributed by atoms with E-state index in [9.17, 15) is 9.50 Å². The fourth-order valence-electron chi connectivity index (χ4n) is 2.17. The summed E-state index contributed by atoms with van der Waals surface area (Å²) in [7, 11) is 0. The topological polar surface area (TPSA) is 32.7 Å². The van der Waals surface area contributed by atoms with Gasteiger partial charge in [-0.2, -0.15) is 0 Å². The average molecular weight is 239 g/mol. The largest absolute Gasteiger partial charge is 0.389 e. The maximum Gasteiger partial charge on any atom is 0.146 e. The van der Waals surface area contributed by atoms with Crippen LogP contribution in [-0.4, -0.2) is 31.4 Å². The number of para-hydroxylation sites is 1. The van der Waals surface area contributed by atoms with Gasteiger partial charge in [-0.25, -0.2) is 4.39 Å². The molecule has 0 aliphatic carbocycles. The van der Waals surface area contributed by atoms with Gasteiger partial charge in [0.25, 0.3) is 0 Å². The Morgan fingerprint density at radius 1 is 1.35 bits per heavy atom. The fraction of sp³-hybridized carbons (Fsp3) is 0.538. The average Bonchev–Trinajstić information content (AvgIpc) is 2.57. The predicted molar refractivity (Wildman–Crippen MR) is 64.7 cm³/mol.